The minimum Gasteiger partial charge on any atom is -0.356 e. The molecule has 0 aromatic heterocycles. The van der Waals surface area contributed by atoms with E-state index in [4.69, 9.17) is 11.6 Å². The van der Waals surface area contributed by atoms with Crippen LogP contribution in [0.4, 0.5) is 14.5 Å². The van der Waals surface area contributed by atoms with Crippen molar-refractivity contribution in [1.29, 1.82) is 0 Å². The number of carbonyl (C=O) groups is 2. The van der Waals surface area contributed by atoms with Gasteiger partial charge in [0.05, 0.1) is 16.9 Å². The van der Waals surface area contributed by atoms with Gasteiger partial charge in [0.25, 0.3) is 0 Å². The van der Waals surface area contributed by atoms with Gasteiger partial charge < -0.3 is 10.6 Å². The van der Waals surface area contributed by atoms with Gasteiger partial charge in [-0.2, -0.15) is 0 Å². The number of rotatable bonds is 6. The van der Waals surface area contributed by atoms with E-state index in [1.165, 1.54) is 30.3 Å². The van der Waals surface area contributed by atoms with Crippen LogP contribution in [0.2, 0.25) is 5.02 Å². The van der Waals surface area contributed by atoms with Crippen molar-refractivity contribution in [3.8, 4) is 0 Å². The van der Waals surface area contributed by atoms with Crippen molar-refractivity contribution in [3.05, 3.63) is 64.7 Å². The monoisotopic (exact) mass is 378 g/mol. The maximum atomic E-state index is 13.1. The minimum atomic E-state index is -0.561. The van der Waals surface area contributed by atoms with Crippen LogP contribution < -0.4 is 10.6 Å². The molecule has 1 saturated carbocycles. The summed E-state index contributed by atoms with van der Waals surface area (Å²) in [4.78, 5) is 24.2. The van der Waals surface area contributed by atoms with Crippen molar-refractivity contribution in [3.63, 3.8) is 0 Å². The SMILES string of the molecule is O=C(NCCc1ccc(F)cc1)C1CC1C(=O)Nc1ccc(F)c(Cl)c1. The van der Waals surface area contributed by atoms with Gasteiger partial charge in [-0.1, -0.05) is 23.7 Å². The number of hydrogen-bond donors (Lipinski definition) is 2. The lowest BCUT2D eigenvalue weighted by Crippen LogP contribution is -2.29. The first-order valence-electron chi connectivity index (χ1n) is 8.22. The molecule has 0 bridgehead atoms. The molecule has 0 aliphatic heterocycles. The predicted octanol–water partition coefficient (Wildman–Crippen LogP) is 3.55. The van der Waals surface area contributed by atoms with E-state index in [0.29, 0.717) is 25.1 Å². The summed E-state index contributed by atoms with van der Waals surface area (Å²) in [6.45, 7) is 0.420. The summed E-state index contributed by atoms with van der Waals surface area (Å²) >= 11 is 5.68. The zero-order chi connectivity index (χ0) is 18.7. The second-order valence-corrected chi connectivity index (χ2v) is 6.64. The highest BCUT2D eigenvalue weighted by Gasteiger charge is 2.47. The minimum absolute atomic E-state index is 0.0753. The second kappa shape index (κ2) is 7.83. The first-order chi connectivity index (χ1) is 12.4. The number of benzene rings is 2. The molecule has 2 N–H and O–H groups in total. The molecule has 4 nitrogen and oxygen atoms in total. The quantitative estimate of drug-likeness (QED) is 0.807. The fraction of sp³-hybridized carbons (Fsp3) is 0.263. The van der Waals surface area contributed by atoms with Gasteiger partial charge in [0.1, 0.15) is 11.6 Å². The third-order valence-electron chi connectivity index (χ3n) is 4.28. The number of amides is 2. The van der Waals surface area contributed by atoms with E-state index in [1.54, 1.807) is 12.1 Å². The van der Waals surface area contributed by atoms with Gasteiger partial charge in [0.15, 0.2) is 0 Å². The van der Waals surface area contributed by atoms with E-state index in [-0.39, 0.29) is 28.6 Å². The van der Waals surface area contributed by atoms with Gasteiger partial charge in [-0.15, -0.1) is 0 Å². The Balaban J connectivity index is 1.43. The highest BCUT2D eigenvalue weighted by atomic mass is 35.5. The Labute approximate surface area is 154 Å². The van der Waals surface area contributed by atoms with Crippen LogP contribution in [0.5, 0.6) is 0 Å². The second-order valence-electron chi connectivity index (χ2n) is 6.23. The number of anilines is 1. The maximum Gasteiger partial charge on any atom is 0.228 e. The van der Waals surface area contributed by atoms with Gasteiger partial charge in [0, 0.05) is 12.2 Å². The van der Waals surface area contributed by atoms with Crippen molar-refractivity contribution in [2.75, 3.05) is 11.9 Å². The van der Waals surface area contributed by atoms with Crippen molar-refractivity contribution in [2.45, 2.75) is 12.8 Å². The third-order valence-corrected chi connectivity index (χ3v) is 4.57. The van der Waals surface area contributed by atoms with E-state index in [9.17, 15) is 18.4 Å². The summed E-state index contributed by atoms with van der Waals surface area (Å²) in [7, 11) is 0. The lowest BCUT2D eigenvalue weighted by molar-refractivity contribution is -0.125. The van der Waals surface area contributed by atoms with Crippen molar-refractivity contribution in [1.82, 2.24) is 5.32 Å². The van der Waals surface area contributed by atoms with Gasteiger partial charge in [-0.3, -0.25) is 9.59 Å². The molecule has 0 spiro atoms. The third kappa shape index (κ3) is 4.58. The molecule has 1 aliphatic carbocycles. The summed E-state index contributed by atoms with van der Waals surface area (Å²) in [5.41, 5.74) is 1.31. The Morgan fingerprint density at radius 3 is 2.42 bits per heavy atom. The molecule has 3 rings (SSSR count). The summed E-state index contributed by atoms with van der Waals surface area (Å²) in [6, 6.07) is 10.0. The van der Waals surface area contributed by atoms with Crippen LogP contribution in [0.25, 0.3) is 0 Å². The van der Waals surface area contributed by atoms with Crippen molar-refractivity contribution >= 4 is 29.1 Å². The molecule has 2 amide bonds. The normalized spacial score (nSPS) is 18.3. The Morgan fingerprint density at radius 1 is 1.04 bits per heavy atom. The largest absolute Gasteiger partial charge is 0.356 e. The van der Waals surface area contributed by atoms with E-state index in [1.807, 2.05) is 0 Å². The highest BCUT2D eigenvalue weighted by Crippen LogP contribution is 2.39. The lowest BCUT2D eigenvalue weighted by Gasteiger charge is -2.07. The van der Waals surface area contributed by atoms with E-state index in [2.05, 4.69) is 10.6 Å². The van der Waals surface area contributed by atoms with E-state index >= 15 is 0 Å². The highest BCUT2D eigenvalue weighted by molar-refractivity contribution is 6.31. The molecule has 1 fully saturated rings. The van der Waals surface area contributed by atoms with Crippen molar-refractivity contribution < 1.29 is 18.4 Å². The Bertz CT molecular complexity index is 827. The molecule has 7 heteroatoms. The number of hydrogen-bond acceptors (Lipinski definition) is 2. The standard InChI is InChI=1S/C19H17ClF2N2O2/c20-16-9-13(5-6-17(16)22)24-19(26)15-10-14(15)18(25)23-8-7-11-1-3-12(21)4-2-11/h1-6,9,14-15H,7-8,10H2,(H,23,25)(H,24,26). The molecule has 0 heterocycles. The molecule has 0 radical (unpaired) electrons. The zero-order valence-electron chi connectivity index (χ0n) is 13.8. The van der Waals surface area contributed by atoms with Crippen LogP contribution in [0.1, 0.15) is 12.0 Å². The van der Waals surface area contributed by atoms with Crippen LogP contribution in [-0.2, 0) is 16.0 Å². The molecule has 2 unspecified atom stereocenters. The van der Waals surface area contributed by atoms with Gasteiger partial charge >= 0.3 is 0 Å². The van der Waals surface area contributed by atoms with Crippen LogP contribution in [0, 0.1) is 23.5 Å². The van der Waals surface area contributed by atoms with E-state index in [0.717, 1.165) is 5.56 Å². The molecule has 0 saturated heterocycles. The molecular formula is C19H17ClF2N2O2. The van der Waals surface area contributed by atoms with Crippen molar-refractivity contribution in [2.24, 2.45) is 11.8 Å². The molecule has 2 aromatic rings. The molecule has 136 valence electrons. The topological polar surface area (TPSA) is 58.2 Å². The van der Waals surface area contributed by atoms with Crippen LogP contribution >= 0.6 is 11.6 Å². The van der Waals surface area contributed by atoms with Crippen LogP contribution in [0.15, 0.2) is 42.5 Å². The van der Waals surface area contributed by atoms with Gasteiger partial charge in [0.2, 0.25) is 11.8 Å². The predicted molar refractivity (Wildman–Crippen MR) is 94.8 cm³/mol. The average molecular weight is 379 g/mol. The van der Waals surface area contributed by atoms with Crippen LogP contribution in [-0.4, -0.2) is 18.4 Å². The number of halogens is 3. The summed E-state index contributed by atoms with van der Waals surface area (Å²) < 4.78 is 26.0. The smallest absolute Gasteiger partial charge is 0.228 e. The van der Waals surface area contributed by atoms with Crippen LogP contribution in [0.3, 0.4) is 0 Å². The summed E-state index contributed by atoms with van der Waals surface area (Å²) in [6.07, 6.45) is 1.06. The van der Waals surface area contributed by atoms with Gasteiger partial charge in [-0.05, 0) is 48.7 Å². The Morgan fingerprint density at radius 2 is 1.73 bits per heavy atom. The molecule has 26 heavy (non-hydrogen) atoms. The number of carbonyl (C=O) groups excluding carboxylic acids is 2. The zero-order valence-corrected chi connectivity index (χ0v) is 14.5. The molecular weight excluding hydrogens is 362 g/mol. The molecule has 1 aliphatic rings. The summed E-state index contributed by atoms with van der Waals surface area (Å²) in [5.74, 6) is -2.08. The van der Waals surface area contributed by atoms with Gasteiger partial charge in [-0.25, -0.2) is 8.78 Å². The fourth-order valence-corrected chi connectivity index (χ4v) is 2.88. The average Bonchev–Trinajstić information content (AvgIpc) is 3.41. The lowest BCUT2D eigenvalue weighted by atomic mass is 10.1. The molecule has 2 atom stereocenters. The summed E-state index contributed by atoms with van der Waals surface area (Å²) in [5, 5.41) is 5.35. The Hall–Kier alpha value is -2.47. The fourth-order valence-electron chi connectivity index (χ4n) is 2.70. The number of nitrogens with one attached hydrogen (secondary N) is 2. The first-order valence-corrected chi connectivity index (χ1v) is 8.60. The molecule has 2 aromatic carbocycles. The first kappa shape index (κ1) is 18.3. The Kier molecular flexibility index (Phi) is 5.52. The van der Waals surface area contributed by atoms with E-state index < -0.39 is 11.7 Å². The maximum absolute atomic E-state index is 13.1.